The van der Waals surface area contributed by atoms with E-state index in [4.69, 9.17) is 4.74 Å². The summed E-state index contributed by atoms with van der Waals surface area (Å²) in [4.78, 5) is 2.59. The molecule has 1 aromatic heterocycles. The number of halogens is 1. The minimum atomic E-state index is -0.228. The van der Waals surface area contributed by atoms with Crippen molar-refractivity contribution in [2.75, 3.05) is 0 Å². The van der Waals surface area contributed by atoms with E-state index in [1.165, 1.54) is 27.5 Å². The average molecular weight is 307 g/mol. The molecule has 4 heteroatoms. The first kappa shape index (κ1) is 16.0. The number of aryl methyl sites for hydroxylation is 2. The Morgan fingerprint density at radius 3 is 2.67 bits per heavy atom. The van der Waals surface area contributed by atoms with Crippen LogP contribution in [0.25, 0.3) is 0 Å². The maximum Gasteiger partial charge on any atom is 0.123 e. The summed E-state index contributed by atoms with van der Waals surface area (Å²) in [6.07, 6.45) is 0. The molecule has 0 aliphatic carbocycles. The fraction of sp³-hybridized carbons (Fsp3) is 0.412. The Kier molecular flexibility index (Phi) is 5.37. The largest absolute Gasteiger partial charge is 0.489 e. The van der Waals surface area contributed by atoms with Gasteiger partial charge in [-0.2, -0.15) is 0 Å². The summed E-state index contributed by atoms with van der Waals surface area (Å²) in [5.41, 5.74) is 2.02. The van der Waals surface area contributed by atoms with E-state index < -0.39 is 0 Å². The van der Waals surface area contributed by atoms with Crippen LogP contribution in [0.15, 0.2) is 24.3 Å². The van der Waals surface area contributed by atoms with Crippen molar-refractivity contribution in [3.05, 3.63) is 51.0 Å². The monoisotopic (exact) mass is 307 g/mol. The third kappa shape index (κ3) is 4.55. The van der Waals surface area contributed by atoms with Gasteiger partial charge in [-0.05, 0) is 43.7 Å². The lowest BCUT2D eigenvalue weighted by Crippen LogP contribution is -2.21. The Morgan fingerprint density at radius 1 is 1.24 bits per heavy atom. The van der Waals surface area contributed by atoms with Crippen LogP contribution in [-0.4, -0.2) is 6.04 Å². The molecule has 1 N–H and O–H groups in total. The molecular weight excluding hydrogens is 285 g/mol. The van der Waals surface area contributed by atoms with Crippen molar-refractivity contribution < 1.29 is 9.13 Å². The van der Waals surface area contributed by atoms with Crippen LogP contribution in [0.3, 0.4) is 0 Å². The predicted octanol–water partition coefficient (Wildman–Crippen LogP) is 4.58. The second-order valence-electron chi connectivity index (χ2n) is 5.53. The summed E-state index contributed by atoms with van der Waals surface area (Å²) in [5, 5.41) is 3.42. The van der Waals surface area contributed by atoms with Crippen molar-refractivity contribution in [3.8, 4) is 5.75 Å². The van der Waals surface area contributed by atoms with Gasteiger partial charge in [0.2, 0.25) is 0 Å². The van der Waals surface area contributed by atoms with Crippen molar-refractivity contribution in [1.29, 1.82) is 0 Å². The van der Waals surface area contributed by atoms with Crippen molar-refractivity contribution >= 4 is 11.3 Å². The zero-order valence-electron chi connectivity index (χ0n) is 13.0. The molecular formula is C17H22FNOS. The first-order chi connectivity index (χ1) is 9.95. The SMILES string of the molecule is Cc1cc(F)ccc1OCc1cc(CNC(C)C)sc1C. The lowest BCUT2D eigenvalue weighted by atomic mass is 10.2. The van der Waals surface area contributed by atoms with Crippen molar-refractivity contribution in [3.63, 3.8) is 0 Å². The van der Waals surface area contributed by atoms with Crippen LogP contribution >= 0.6 is 11.3 Å². The smallest absolute Gasteiger partial charge is 0.123 e. The minimum absolute atomic E-state index is 0.228. The summed E-state index contributed by atoms with van der Waals surface area (Å²) in [5.74, 6) is 0.512. The van der Waals surface area contributed by atoms with Gasteiger partial charge in [-0.3, -0.25) is 0 Å². The molecule has 0 aliphatic rings. The number of hydrogen-bond donors (Lipinski definition) is 1. The van der Waals surface area contributed by atoms with Crippen LogP contribution in [0.1, 0.15) is 34.7 Å². The first-order valence-electron chi connectivity index (χ1n) is 7.16. The third-order valence-corrected chi connectivity index (χ3v) is 4.37. The molecule has 0 unspecified atom stereocenters. The molecule has 2 aromatic rings. The summed E-state index contributed by atoms with van der Waals surface area (Å²) in [6.45, 7) is 9.66. The van der Waals surface area contributed by atoms with Crippen LogP contribution in [0.2, 0.25) is 0 Å². The molecule has 2 nitrogen and oxygen atoms in total. The van der Waals surface area contributed by atoms with E-state index in [0.29, 0.717) is 12.6 Å². The Bertz CT molecular complexity index is 607. The zero-order chi connectivity index (χ0) is 15.4. The molecule has 0 spiro atoms. The maximum atomic E-state index is 13.1. The van der Waals surface area contributed by atoms with Gasteiger partial charge in [-0.1, -0.05) is 13.8 Å². The van der Waals surface area contributed by atoms with Crippen molar-refractivity contribution in [2.45, 2.75) is 46.9 Å². The van der Waals surface area contributed by atoms with Crippen molar-refractivity contribution in [2.24, 2.45) is 0 Å². The van der Waals surface area contributed by atoms with E-state index in [0.717, 1.165) is 17.9 Å². The van der Waals surface area contributed by atoms with E-state index in [2.05, 4.69) is 32.2 Å². The highest BCUT2D eigenvalue weighted by molar-refractivity contribution is 7.12. The molecule has 0 fully saturated rings. The summed E-state index contributed by atoms with van der Waals surface area (Å²) >= 11 is 1.80. The molecule has 2 rings (SSSR count). The highest BCUT2D eigenvalue weighted by Crippen LogP contribution is 2.25. The van der Waals surface area contributed by atoms with Gasteiger partial charge in [0.05, 0.1) is 0 Å². The Hall–Kier alpha value is -1.39. The number of rotatable bonds is 6. The summed E-state index contributed by atoms with van der Waals surface area (Å²) in [6, 6.07) is 7.28. The Balaban J connectivity index is 1.99. The van der Waals surface area contributed by atoms with Crippen LogP contribution < -0.4 is 10.1 Å². The topological polar surface area (TPSA) is 21.3 Å². The van der Waals surface area contributed by atoms with E-state index in [1.54, 1.807) is 17.4 Å². The molecule has 114 valence electrons. The van der Waals surface area contributed by atoms with Gasteiger partial charge in [0.15, 0.2) is 0 Å². The standard InChI is InChI=1S/C17H22FNOS/c1-11(2)19-9-16-8-14(13(4)21-16)10-20-17-6-5-15(18)7-12(17)3/h5-8,11,19H,9-10H2,1-4H3. The Morgan fingerprint density at radius 2 is 2.00 bits per heavy atom. The van der Waals surface area contributed by atoms with Gasteiger partial charge in [-0.25, -0.2) is 4.39 Å². The molecule has 0 aliphatic heterocycles. The van der Waals surface area contributed by atoms with Gasteiger partial charge in [0, 0.05) is 27.9 Å². The van der Waals surface area contributed by atoms with Crippen molar-refractivity contribution in [1.82, 2.24) is 5.32 Å². The normalized spacial score (nSPS) is 11.1. The molecule has 1 heterocycles. The minimum Gasteiger partial charge on any atom is -0.489 e. The quantitative estimate of drug-likeness (QED) is 0.843. The highest BCUT2D eigenvalue weighted by Gasteiger charge is 2.08. The van der Waals surface area contributed by atoms with Gasteiger partial charge >= 0.3 is 0 Å². The molecule has 0 bridgehead atoms. The van der Waals surface area contributed by atoms with Crippen LogP contribution in [0, 0.1) is 19.7 Å². The summed E-state index contributed by atoms with van der Waals surface area (Å²) < 4.78 is 18.9. The highest BCUT2D eigenvalue weighted by atomic mass is 32.1. The predicted molar refractivity (Wildman–Crippen MR) is 86.5 cm³/mol. The second-order valence-corrected chi connectivity index (χ2v) is 6.87. The molecule has 0 saturated carbocycles. The van der Waals surface area contributed by atoms with Gasteiger partial charge < -0.3 is 10.1 Å². The number of nitrogens with one attached hydrogen (secondary N) is 1. The van der Waals surface area contributed by atoms with Crippen LogP contribution in [-0.2, 0) is 13.2 Å². The number of benzene rings is 1. The molecule has 0 amide bonds. The molecule has 1 aromatic carbocycles. The molecule has 0 atom stereocenters. The lowest BCUT2D eigenvalue weighted by Gasteiger charge is -2.08. The number of ether oxygens (including phenoxy) is 1. The number of thiophene rings is 1. The van der Waals surface area contributed by atoms with Crippen LogP contribution in [0.4, 0.5) is 4.39 Å². The van der Waals surface area contributed by atoms with E-state index in [1.807, 2.05) is 6.92 Å². The first-order valence-corrected chi connectivity index (χ1v) is 7.98. The molecule has 0 saturated heterocycles. The maximum absolute atomic E-state index is 13.1. The fourth-order valence-corrected chi connectivity index (χ4v) is 3.05. The second kappa shape index (κ2) is 7.05. The number of hydrogen-bond acceptors (Lipinski definition) is 3. The summed E-state index contributed by atoms with van der Waals surface area (Å²) in [7, 11) is 0. The van der Waals surface area contributed by atoms with E-state index in [9.17, 15) is 4.39 Å². The zero-order valence-corrected chi connectivity index (χ0v) is 13.8. The van der Waals surface area contributed by atoms with E-state index in [-0.39, 0.29) is 5.82 Å². The molecule has 21 heavy (non-hydrogen) atoms. The van der Waals surface area contributed by atoms with Gasteiger partial charge in [-0.15, -0.1) is 11.3 Å². The van der Waals surface area contributed by atoms with E-state index >= 15 is 0 Å². The van der Waals surface area contributed by atoms with Crippen LogP contribution in [0.5, 0.6) is 5.75 Å². The lowest BCUT2D eigenvalue weighted by molar-refractivity contribution is 0.303. The fourth-order valence-electron chi connectivity index (χ4n) is 2.05. The average Bonchev–Trinajstić information content (AvgIpc) is 2.76. The van der Waals surface area contributed by atoms with Gasteiger partial charge in [0.1, 0.15) is 18.2 Å². The Labute approximate surface area is 130 Å². The van der Waals surface area contributed by atoms with Gasteiger partial charge in [0.25, 0.3) is 0 Å². The molecule has 0 radical (unpaired) electrons. The third-order valence-electron chi connectivity index (χ3n) is 3.28.